The molecule has 2 N–H and O–H groups in total. The van der Waals surface area contributed by atoms with Crippen molar-refractivity contribution in [2.45, 2.75) is 6.92 Å². The molecule has 0 aliphatic heterocycles. The lowest BCUT2D eigenvalue weighted by Crippen LogP contribution is -2.20. The van der Waals surface area contributed by atoms with Crippen LogP contribution >= 0.6 is 0 Å². The molecule has 1 heterocycles. The zero-order valence-corrected chi connectivity index (χ0v) is 10.6. The van der Waals surface area contributed by atoms with E-state index in [0.29, 0.717) is 5.69 Å². The molecule has 0 radical (unpaired) electrons. The van der Waals surface area contributed by atoms with Gasteiger partial charge in [-0.25, -0.2) is 9.48 Å². The molecule has 6 heteroatoms. The van der Waals surface area contributed by atoms with Crippen LogP contribution in [-0.4, -0.2) is 28.8 Å². The summed E-state index contributed by atoms with van der Waals surface area (Å²) >= 11 is 0. The first-order chi connectivity index (χ1) is 9.04. The van der Waals surface area contributed by atoms with E-state index in [2.05, 4.69) is 9.84 Å². The number of ether oxygens (including phenoxy) is 1. The first-order valence-electron chi connectivity index (χ1n) is 5.57. The van der Waals surface area contributed by atoms with Gasteiger partial charge in [0.2, 0.25) is 0 Å². The molecule has 1 aromatic heterocycles. The van der Waals surface area contributed by atoms with Crippen LogP contribution < -0.4 is 5.73 Å². The highest BCUT2D eigenvalue weighted by Gasteiger charge is 2.22. The Morgan fingerprint density at radius 2 is 2.11 bits per heavy atom. The molecule has 0 fully saturated rings. The molecule has 0 unspecified atom stereocenters. The lowest BCUT2D eigenvalue weighted by Gasteiger charge is -2.06. The second kappa shape index (κ2) is 4.93. The standard InChI is InChI=1S/C13H13N3O3/c1-8-4-3-5-9(6-8)16-11(12(14)17)10(7-15-16)13(18)19-2/h3-7H,1-2H3,(H2,14,17). The number of nitrogens with two attached hydrogens (primary N) is 1. The van der Waals surface area contributed by atoms with Crippen molar-refractivity contribution in [1.29, 1.82) is 0 Å². The van der Waals surface area contributed by atoms with Crippen molar-refractivity contribution >= 4 is 11.9 Å². The fraction of sp³-hybridized carbons (Fsp3) is 0.154. The molecule has 0 aliphatic rings. The van der Waals surface area contributed by atoms with Gasteiger partial charge in [0.05, 0.1) is 19.0 Å². The summed E-state index contributed by atoms with van der Waals surface area (Å²) in [6, 6.07) is 7.35. The molecule has 0 bridgehead atoms. The summed E-state index contributed by atoms with van der Waals surface area (Å²) in [5, 5.41) is 4.03. The first-order valence-corrected chi connectivity index (χ1v) is 5.57. The fourth-order valence-corrected chi connectivity index (χ4v) is 1.80. The van der Waals surface area contributed by atoms with Gasteiger partial charge in [-0.2, -0.15) is 5.10 Å². The number of rotatable bonds is 3. The fourth-order valence-electron chi connectivity index (χ4n) is 1.80. The average molecular weight is 259 g/mol. The number of nitrogens with zero attached hydrogens (tertiary/aromatic N) is 2. The number of methoxy groups -OCH3 is 1. The maximum Gasteiger partial charge on any atom is 0.341 e. The van der Waals surface area contributed by atoms with Gasteiger partial charge in [0, 0.05) is 0 Å². The topological polar surface area (TPSA) is 87.2 Å². The minimum atomic E-state index is -0.737. The van der Waals surface area contributed by atoms with Crippen molar-refractivity contribution in [3.05, 3.63) is 47.3 Å². The van der Waals surface area contributed by atoms with Crippen molar-refractivity contribution in [2.75, 3.05) is 7.11 Å². The number of carbonyl (C=O) groups excluding carboxylic acids is 2. The smallest absolute Gasteiger partial charge is 0.341 e. The number of benzene rings is 1. The lowest BCUT2D eigenvalue weighted by molar-refractivity contribution is 0.0597. The Balaban J connectivity index is 2.62. The molecule has 1 aromatic carbocycles. The monoisotopic (exact) mass is 259 g/mol. The molecule has 0 saturated heterocycles. The van der Waals surface area contributed by atoms with Crippen LogP contribution in [-0.2, 0) is 4.74 Å². The molecular formula is C13H13N3O3. The molecule has 0 spiro atoms. The summed E-state index contributed by atoms with van der Waals surface area (Å²) < 4.78 is 5.93. The van der Waals surface area contributed by atoms with Gasteiger partial charge >= 0.3 is 5.97 Å². The van der Waals surface area contributed by atoms with E-state index >= 15 is 0 Å². The maximum absolute atomic E-state index is 11.6. The van der Waals surface area contributed by atoms with Crippen LogP contribution in [0.5, 0.6) is 0 Å². The lowest BCUT2D eigenvalue weighted by atomic mass is 10.2. The van der Waals surface area contributed by atoms with Gasteiger partial charge < -0.3 is 10.5 Å². The van der Waals surface area contributed by atoms with Crippen LogP contribution in [0.1, 0.15) is 26.4 Å². The molecule has 1 amide bonds. The van der Waals surface area contributed by atoms with Crippen molar-refractivity contribution in [2.24, 2.45) is 5.73 Å². The zero-order chi connectivity index (χ0) is 14.0. The van der Waals surface area contributed by atoms with Crippen LogP contribution in [0.15, 0.2) is 30.5 Å². The summed E-state index contributed by atoms with van der Waals surface area (Å²) in [6.45, 7) is 1.91. The SMILES string of the molecule is COC(=O)c1cnn(-c2cccc(C)c2)c1C(N)=O. The number of hydrogen-bond acceptors (Lipinski definition) is 4. The minimum absolute atomic E-state index is 0.0115. The maximum atomic E-state index is 11.6. The Morgan fingerprint density at radius 3 is 2.68 bits per heavy atom. The number of esters is 1. The third-order valence-electron chi connectivity index (χ3n) is 2.65. The van der Waals surface area contributed by atoms with Crippen LogP contribution in [0.2, 0.25) is 0 Å². The average Bonchev–Trinajstić information content (AvgIpc) is 2.82. The van der Waals surface area contributed by atoms with Crippen LogP contribution in [0.3, 0.4) is 0 Å². The zero-order valence-electron chi connectivity index (χ0n) is 10.6. The van der Waals surface area contributed by atoms with E-state index in [1.165, 1.54) is 18.0 Å². The number of hydrogen-bond donors (Lipinski definition) is 1. The van der Waals surface area contributed by atoms with E-state index in [0.717, 1.165) is 5.56 Å². The minimum Gasteiger partial charge on any atom is -0.465 e. The van der Waals surface area contributed by atoms with Gasteiger partial charge in [-0.1, -0.05) is 12.1 Å². The second-order valence-corrected chi connectivity index (χ2v) is 4.01. The molecule has 0 saturated carbocycles. The first kappa shape index (κ1) is 12.8. The predicted molar refractivity (Wildman–Crippen MR) is 68.2 cm³/mol. The Morgan fingerprint density at radius 1 is 1.37 bits per heavy atom. The molecule has 19 heavy (non-hydrogen) atoms. The van der Waals surface area contributed by atoms with Crippen molar-refractivity contribution < 1.29 is 14.3 Å². The molecule has 0 aliphatic carbocycles. The molecule has 6 nitrogen and oxygen atoms in total. The highest BCUT2D eigenvalue weighted by Crippen LogP contribution is 2.16. The second-order valence-electron chi connectivity index (χ2n) is 4.01. The van der Waals surface area contributed by atoms with Gasteiger partial charge in [-0.05, 0) is 24.6 Å². The van der Waals surface area contributed by atoms with Crippen LogP contribution in [0.4, 0.5) is 0 Å². The summed E-state index contributed by atoms with van der Waals surface area (Å²) in [7, 11) is 1.23. The predicted octanol–water partition coefficient (Wildman–Crippen LogP) is 1.07. The van der Waals surface area contributed by atoms with Gasteiger partial charge in [-0.15, -0.1) is 0 Å². The summed E-state index contributed by atoms with van der Waals surface area (Å²) in [4.78, 5) is 23.1. The summed E-state index contributed by atoms with van der Waals surface area (Å²) in [5.74, 6) is -1.38. The third-order valence-corrected chi connectivity index (χ3v) is 2.65. The summed E-state index contributed by atoms with van der Waals surface area (Å²) in [5.41, 5.74) is 7.04. The number of aromatic nitrogens is 2. The number of primary amides is 1. The normalized spacial score (nSPS) is 10.2. The van der Waals surface area contributed by atoms with E-state index in [1.807, 2.05) is 25.1 Å². The Labute approximate surface area is 109 Å². The molecule has 2 aromatic rings. The highest BCUT2D eigenvalue weighted by atomic mass is 16.5. The Bertz CT molecular complexity index is 646. The van der Waals surface area contributed by atoms with Gasteiger partial charge in [-0.3, -0.25) is 4.79 Å². The third kappa shape index (κ3) is 2.33. The van der Waals surface area contributed by atoms with E-state index in [1.54, 1.807) is 6.07 Å². The largest absolute Gasteiger partial charge is 0.465 e. The molecular weight excluding hydrogens is 246 g/mol. The molecule has 98 valence electrons. The van der Waals surface area contributed by atoms with E-state index < -0.39 is 11.9 Å². The Kier molecular flexibility index (Phi) is 3.33. The highest BCUT2D eigenvalue weighted by molar-refractivity contribution is 6.03. The number of aryl methyl sites for hydroxylation is 1. The van der Waals surface area contributed by atoms with E-state index in [4.69, 9.17) is 5.73 Å². The van der Waals surface area contributed by atoms with Crippen molar-refractivity contribution in [1.82, 2.24) is 9.78 Å². The molecule has 2 rings (SSSR count). The number of amides is 1. The number of carbonyl (C=O) groups is 2. The molecule has 0 atom stereocenters. The van der Waals surface area contributed by atoms with Gasteiger partial charge in [0.1, 0.15) is 11.3 Å². The van der Waals surface area contributed by atoms with Gasteiger partial charge in [0.25, 0.3) is 5.91 Å². The quantitative estimate of drug-likeness (QED) is 0.835. The summed E-state index contributed by atoms with van der Waals surface area (Å²) in [6.07, 6.45) is 1.27. The van der Waals surface area contributed by atoms with Crippen molar-refractivity contribution in [3.63, 3.8) is 0 Å². The van der Waals surface area contributed by atoms with Gasteiger partial charge in [0.15, 0.2) is 0 Å². The van der Waals surface area contributed by atoms with Crippen molar-refractivity contribution in [3.8, 4) is 5.69 Å². The van der Waals surface area contributed by atoms with Crippen LogP contribution in [0.25, 0.3) is 5.69 Å². The Hall–Kier alpha value is -2.63. The van der Waals surface area contributed by atoms with Crippen LogP contribution in [0, 0.1) is 6.92 Å². The van der Waals surface area contributed by atoms with E-state index in [9.17, 15) is 9.59 Å². The van der Waals surface area contributed by atoms with E-state index in [-0.39, 0.29) is 11.3 Å².